The monoisotopic (exact) mass is 368 g/mol. The number of hydrogen-bond donors (Lipinski definition) is 2. The third kappa shape index (κ3) is 4.52. The van der Waals surface area contributed by atoms with Gasteiger partial charge in [-0.25, -0.2) is 4.98 Å². The molecule has 8 nitrogen and oxygen atoms in total. The molecular formula is C19H24N6O2. The molecule has 0 unspecified atom stereocenters. The van der Waals surface area contributed by atoms with E-state index in [9.17, 15) is 4.79 Å². The van der Waals surface area contributed by atoms with Crippen LogP contribution in [0.15, 0.2) is 43.5 Å². The van der Waals surface area contributed by atoms with Crippen LogP contribution in [0, 0.1) is 11.8 Å². The van der Waals surface area contributed by atoms with Crippen LogP contribution in [-0.4, -0.2) is 35.4 Å². The molecule has 142 valence electrons. The lowest BCUT2D eigenvalue weighted by atomic mass is 9.92. The fourth-order valence-electron chi connectivity index (χ4n) is 2.98. The predicted molar refractivity (Wildman–Crippen MR) is 104 cm³/mol. The number of hydrogen-bond acceptors (Lipinski definition) is 5. The van der Waals surface area contributed by atoms with Crippen LogP contribution in [0.4, 0.5) is 11.6 Å². The van der Waals surface area contributed by atoms with Crippen molar-refractivity contribution in [3.8, 4) is 0 Å². The number of aliphatic carboxylic acids is 1. The molecule has 0 radical (unpaired) electrons. The maximum absolute atomic E-state index is 10.8. The van der Waals surface area contributed by atoms with Gasteiger partial charge in [-0.1, -0.05) is 19.9 Å². The molecule has 3 aromatic rings. The standard InChI is InChI=1S/C19H24N6O2/c1-4-5-15(13(2)3)10-24-7-6-14-8-20-19(23-18(14)24)22-16-9-21-25(11-16)12-17(26)27/h4,6-9,11,13,15H,1,5,10,12H2,2-3H3,(H,26,27)(H,20,22,23)/t15-/m1/s1. The van der Waals surface area contributed by atoms with E-state index < -0.39 is 5.97 Å². The average molecular weight is 368 g/mol. The summed E-state index contributed by atoms with van der Waals surface area (Å²) in [5, 5.41) is 16.9. The summed E-state index contributed by atoms with van der Waals surface area (Å²) in [6.45, 7) is 8.97. The largest absolute Gasteiger partial charge is 0.480 e. The third-order valence-corrected chi connectivity index (χ3v) is 4.53. The zero-order chi connectivity index (χ0) is 19.4. The Balaban J connectivity index is 1.80. The van der Waals surface area contributed by atoms with Crippen molar-refractivity contribution in [2.24, 2.45) is 11.8 Å². The zero-order valence-corrected chi connectivity index (χ0v) is 15.5. The van der Waals surface area contributed by atoms with Crippen LogP contribution in [-0.2, 0) is 17.9 Å². The number of aromatic nitrogens is 5. The predicted octanol–water partition coefficient (Wildman–Crippen LogP) is 3.30. The summed E-state index contributed by atoms with van der Waals surface area (Å²) in [5.41, 5.74) is 1.50. The summed E-state index contributed by atoms with van der Waals surface area (Å²) < 4.78 is 3.48. The molecule has 8 heteroatoms. The van der Waals surface area contributed by atoms with Crippen molar-refractivity contribution in [3.63, 3.8) is 0 Å². The molecule has 3 aromatic heterocycles. The van der Waals surface area contributed by atoms with Gasteiger partial charge < -0.3 is 15.0 Å². The molecule has 1 atom stereocenters. The molecule has 3 rings (SSSR count). The van der Waals surface area contributed by atoms with Gasteiger partial charge in [0, 0.05) is 30.5 Å². The molecule has 0 amide bonds. The normalized spacial score (nSPS) is 12.4. The first-order chi connectivity index (χ1) is 13.0. The number of rotatable bonds is 9. The summed E-state index contributed by atoms with van der Waals surface area (Å²) in [4.78, 5) is 19.7. The Morgan fingerprint density at radius 1 is 1.41 bits per heavy atom. The number of fused-ring (bicyclic) bond motifs is 1. The molecule has 3 heterocycles. The molecule has 0 aliphatic rings. The van der Waals surface area contributed by atoms with Crippen LogP contribution in [0.3, 0.4) is 0 Å². The number of carbonyl (C=O) groups is 1. The van der Waals surface area contributed by atoms with Crippen molar-refractivity contribution >= 4 is 28.6 Å². The van der Waals surface area contributed by atoms with Crippen molar-refractivity contribution in [1.29, 1.82) is 0 Å². The number of allylic oxidation sites excluding steroid dienone is 1. The molecule has 27 heavy (non-hydrogen) atoms. The first-order valence-corrected chi connectivity index (χ1v) is 8.90. The van der Waals surface area contributed by atoms with Crippen molar-refractivity contribution in [2.45, 2.75) is 33.4 Å². The number of nitrogens with one attached hydrogen (secondary N) is 1. The van der Waals surface area contributed by atoms with Gasteiger partial charge in [0.1, 0.15) is 12.2 Å². The highest BCUT2D eigenvalue weighted by Crippen LogP contribution is 2.22. The average Bonchev–Trinajstić information content (AvgIpc) is 3.21. The summed E-state index contributed by atoms with van der Waals surface area (Å²) >= 11 is 0. The zero-order valence-electron chi connectivity index (χ0n) is 15.5. The molecule has 0 aromatic carbocycles. The van der Waals surface area contributed by atoms with Gasteiger partial charge >= 0.3 is 5.97 Å². The topological polar surface area (TPSA) is 97.9 Å². The molecule has 0 saturated carbocycles. The highest BCUT2D eigenvalue weighted by molar-refractivity contribution is 5.76. The number of nitrogens with zero attached hydrogens (tertiary/aromatic N) is 5. The fraction of sp³-hybridized carbons (Fsp3) is 0.368. The van der Waals surface area contributed by atoms with E-state index >= 15 is 0 Å². The maximum Gasteiger partial charge on any atom is 0.325 e. The van der Waals surface area contributed by atoms with Crippen molar-refractivity contribution in [2.75, 3.05) is 5.32 Å². The third-order valence-electron chi connectivity index (χ3n) is 4.53. The van der Waals surface area contributed by atoms with Crippen LogP contribution >= 0.6 is 0 Å². The van der Waals surface area contributed by atoms with Gasteiger partial charge in [-0.3, -0.25) is 9.48 Å². The second-order valence-electron chi connectivity index (χ2n) is 6.91. The van der Waals surface area contributed by atoms with Crippen LogP contribution in [0.25, 0.3) is 11.0 Å². The first kappa shape index (κ1) is 18.6. The first-order valence-electron chi connectivity index (χ1n) is 8.90. The van der Waals surface area contributed by atoms with Crippen molar-refractivity contribution in [3.05, 3.63) is 43.5 Å². The van der Waals surface area contributed by atoms with E-state index in [-0.39, 0.29) is 6.54 Å². The quantitative estimate of drug-likeness (QED) is 0.562. The fourth-order valence-corrected chi connectivity index (χ4v) is 2.98. The summed E-state index contributed by atoms with van der Waals surface area (Å²) in [6, 6.07) is 2.01. The number of carboxylic acids is 1. The van der Waals surface area contributed by atoms with Gasteiger partial charge in [-0.2, -0.15) is 10.1 Å². The second kappa shape index (κ2) is 8.03. The number of anilines is 2. The van der Waals surface area contributed by atoms with E-state index in [1.54, 1.807) is 18.6 Å². The van der Waals surface area contributed by atoms with E-state index in [4.69, 9.17) is 5.11 Å². The lowest BCUT2D eigenvalue weighted by molar-refractivity contribution is -0.137. The van der Waals surface area contributed by atoms with E-state index in [1.165, 1.54) is 4.68 Å². The lowest BCUT2D eigenvalue weighted by Gasteiger charge is -2.20. The lowest BCUT2D eigenvalue weighted by Crippen LogP contribution is -2.15. The van der Waals surface area contributed by atoms with Crippen molar-refractivity contribution < 1.29 is 9.90 Å². The Labute approximate surface area is 157 Å². The van der Waals surface area contributed by atoms with Crippen LogP contribution in [0.5, 0.6) is 0 Å². The van der Waals surface area contributed by atoms with E-state index in [1.807, 2.05) is 18.3 Å². The van der Waals surface area contributed by atoms with Gasteiger partial charge in [0.05, 0.1) is 11.9 Å². The number of carboxylic acid groups (broad SMARTS) is 1. The highest BCUT2D eigenvalue weighted by Gasteiger charge is 2.15. The minimum Gasteiger partial charge on any atom is -0.480 e. The molecule has 0 saturated heterocycles. The molecule has 0 aliphatic heterocycles. The molecule has 0 fully saturated rings. The van der Waals surface area contributed by atoms with E-state index in [0.29, 0.717) is 23.5 Å². The molecule has 0 aliphatic carbocycles. The molecule has 2 N–H and O–H groups in total. The van der Waals surface area contributed by atoms with Crippen LogP contribution < -0.4 is 5.32 Å². The summed E-state index contributed by atoms with van der Waals surface area (Å²) in [7, 11) is 0. The highest BCUT2D eigenvalue weighted by atomic mass is 16.4. The van der Waals surface area contributed by atoms with Crippen molar-refractivity contribution in [1.82, 2.24) is 24.3 Å². The van der Waals surface area contributed by atoms with E-state index in [2.05, 4.69) is 45.4 Å². The van der Waals surface area contributed by atoms with Crippen LogP contribution in [0.2, 0.25) is 0 Å². The Kier molecular flexibility index (Phi) is 5.54. The Hall–Kier alpha value is -3.16. The van der Waals surface area contributed by atoms with Gasteiger partial charge in [0.25, 0.3) is 0 Å². The Morgan fingerprint density at radius 2 is 2.22 bits per heavy atom. The SMILES string of the molecule is C=CC[C@H](Cn1ccc2cnc(Nc3cnn(CC(=O)O)c3)nc21)C(C)C. The van der Waals surface area contributed by atoms with Crippen LogP contribution in [0.1, 0.15) is 20.3 Å². The minimum absolute atomic E-state index is 0.190. The van der Waals surface area contributed by atoms with Gasteiger partial charge in [0.2, 0.25) is 5.95 Å². The Bertz CT molecular complexity index is 943. The molecule has 0 spiro atoms. The molecular weight excluding hydrogens is 344 g/mol. The Morgan fingerprint density at radius 3 is 2.93 bits per heavy atom. The second-order valence-corrected chi connectivity index (χ2v) is 6.91. The summed E-state index contributed by atoms with van der Waals surface area (Å²) in [5.74, 6) is 0.528. The molecule has 0 bridgehead atoms. The van der Waals surface area contributed by atoms with Gasteiger partial charge in [-0.05, 0) is 24.3 Å². The van der Waals surface area contributed by atoms with E-state index in [0.717, 1.165) is 24.0 Å². The minimum atomic E-state index is -0.945. The summed E-state index contributed by atoms with van der Waals surface area (Å²) in [6.07, 6.45) is 9.89. The van der Waals surface area contributed by atoms with Gasteiger partial charge in [-0.15, -0.1) is 6.58 Å². The van der Waals surface area contributed by atoms with Gasteiger partial charge in [0.15, 0.2) is 0 Å². The smallest absolute Gasteiger partial charge is 0.325 e. The maximum atomic E-state index is 10.8.